The Morgan fingerprint density at radius 2 is 2.43 bits per heavy atom. The summed E-state index contributed by atoms with van der Waals surface area (Å²) in [6.45, 7) is 5.15. The second-order valence-electron chi connectivity index (χ2n) is 4.23. The number of thiazole rings is 1. The van der Waals surface area contributed by atoms with Crippen LogP contribution in [-0.4, -0.2) is 18.1 Å². The SMILES string of the molecule is CC(C)(F)c1csc(C2CCNC2)n1. The summed E-state index contributed by atoms with van der Waals surface area (Å²) in [4.78, 5) is 4.37. The van der Waals surface area contributed by atoms with E-state index < -0.39 is 5.67 Å². The van der Waals surface area contributed by atoms with Crippen molar-refractivity contribution in [3.8, 4) is 0 Å². The molecule has 1 aromatic heterocycles. The molecule has 1 fully saturated rings. The third kappa shape index (κ3) is 1.96. The van der Waals surface area contributed by atoms with E-state index in [-0.39, 0.29) is 0 Å². The summed E-state index contributed by atoms with van der Waals surface area (Å²) in [5, 5.41) is 6.21. The summed E-state index contributed by atoms with van der Waals surface area (Å²) < 4.78 is 13.6. The van der Waals surface area contributed by atoms with Crippen molar-refractivity contribution in [2.45, 2.75) is 31.9 Å². The second kappa shape index (κ2) is 3.59. The van der Waals surface area contributed by atoms with E-state index in [0.29, 0.717) is 11.6 Å². The molecule has 0 saturated carbocycles. The third-order valence-corrected chi connectivity index (χ3v) is 3.55. The van der Waals surface area contributed by atoms with Gasteiger partial charge in [-0.05, 0) is 26.8 Å². The highest BCUT2D eigenvalue weighted by Crippen LogP contribution is 2.31. The molecule has 14 heavy (non-hydrogen) atoms. The Morgan fingerprint density at radius 1 is 1.64 bits per heavy atom. The Balaban J connectivity index is 2.17. The van der Waals surface area contributed by atoms with E-state index in [1.165, 1.54) is 0 Å². The van der Waals surface area contributed by atoms with Gasteiger partial charge in [0, 0.05) is 17.8 Å². The predicted octanol–water partition coefficient (Wildman–Crippen LogP) is 2.42. The smallest absolute Gasteiger partial charge is 0.148 e. The van der Waals surface area contributed by atoms with Gasteiger partial charge in [-0.1, -0.05) is 0 Å². The topological polar surface area (TPSA) is 24.9 Å². The van der Waals surface area contributed by atoms with Gasteiger partial charge in [-0.25, -0.2) is 9.37 Å². The molecule has 4 heteroatoms. The molecule has 1 unspecified atom stereocenters. The van der Waals surface area contributed by atoms with Gasteiger partial charge >= 0.3 is 0 Å². The van der Waals surface area contributed by atoms with Crippen molar-refractivity contribution in [3.63, 3.8) is 0 Å². The molecule has 0 aliphatic carbocycles. The monoisotopic (exact) mass is 214 g/mol. The largest absolute Gasteiger partial charge is 0.316 e. The Hall–Kier alpha value is -0.480. The van der Waals surface area contributed by atoms with E-state index >= 15 is 0 Å². The number of hydrogen-bond acceptors (Lipinski definition) is 3. The van der Waals surface area contributed by atoms with Crippen LogP contribution < -0.4 is 5.32 Å². The van der Waals surface area contributed by atoms with Crippen molar-refractivity contribution in [1.82, 2.24) is 10.3 Å². The molecule has 0 spiro atoms. The summed E-state index contributed by atoms with van der Waals surface area (Å²) in [6, 6.07) is 0. The zero-order valence-electron chi connectivity index (χ0n) is 8.51. The fourth-order valence-corrected chi connectivity index (χ4v) is 2.72. The number of halogens is 1. The van der Waals surface area contributed by atoms with Crippen LogP contribution in [0, 0.1) is 0 Å². The molecule has 0 bridgehead atoms. The molecular weight excluding hydrogens is 199 g/mol. The Labute approximate surface area is 87.6 Å². The molecule has 0 radical (unpaired) electrons. The van der Waals surface area contributed by atoms with Crippen molar-refractivity contribution in [1.29, 1.82) is 0 Å². The highest BCUT2D eigenvalue weighted by atomic mass is 32.1. The number of hydrogen-bond donors (Lipinski definition) is 1. The van der Waals surface area contributed by atoms with E-state index in [4.69, 9.17) is 0 Å². The van der Waals surface area contributed by atoms with Gasteiger partial charge in [0.2, 0.25) is 0 Å². The first-order valence-electron chi connectivity index (χ1n) is 4.93. The number of nitrogens with zero attached hydrogens (tertiary/aromatic N) is 1. The van der Waals surface area contributed by atoms with E-state index in [2.05, 4.69) is 10.3 Å². The minimum atomic E-state index is -1.30. The molecule has 0 aromatic carbocycles. The van der Waals surface area contributed by atoms with Gasteiger partial charge in [-0.15, -0.1) is 11.3 Å². The van der Waals surface area contributed by atoms with Crippen molar-refractivity contribution in [3.05, 3.63) is 16.1 Å². The molecule has 2 rings (SSSR count). The maximum atomic E-state index is 13.6. The molecule has 1 saturated heterocycles. The van der Waals surface area contributed by atoms with E-state index in [1.54, 1.807) is 25.2 Å². The van der Waals surface area contributed by atoms with Gasteiger partial charge < -0.3 is 5.32 Å². The fraction of sp³-hybridized carbons (Fsp3) is 0.700. The van der Waals surface area contributed by atoms with Gasteiger partial charge in [0.25, 0.3) is 0 Å². The standard InChI is InChI=1S/C10H15FN2S/c1-10(2,11)8-6-14-9(13-8)7-3-4-12-5-7/h6-7,12H,3-5H2,1-2H3. The van der Waals surface area contributed by atoms with Crippen LogP contribution in [0.2, 0.25) is 0 Å². The second-order valence-corrected chi connectivity index (χ2v) is 5.12. The van der Waals surface area contributed by atoms with Crippen LogP contribution >= 0.6 is 11.3 Å². The van der Waals surface area contributed by atoms with Crippen LogP contribution in [0.5, 0.6) is 0 Å². The highest BCUT2D eigenvalue weighted by Gasteiger charge is 2.25. The maximum absolute atomic E-state index is 13.6. The minimum Gasteiger partial charge on any atom is -0.316 e. The van der Waals surface area contributed by atoms with Crippen LogP contribution in [0.15, 0.2) is 5.38 Å². The number of aromatic nitrogens is 1. The highest BCUT2D eigenvalue weighted by molar-refractivity contribution is 7.09. The van der Waals surface area contributed by atoms with Crippen LogP contribution in [-0.2, 0) is 5.67 Å². The van der Waals surface area contributed by atoms with Crippen molar-refractivity contribution in [2.24, 2.45) is 0 Å². The molecule has 78 valence electrons. The zero-order chi connectivity index (χ0) is 10.2. The minimum absolute atomic E-state index is 0.496. The Bertz CT molecular complexity index is 310. The molecule has 2 nitrogen and oxygen atoms in total. The Kier molecular flexibility index (Phi) is 2.58. The van der Waals surface area contributed by atoms with Gasteiger partial charge in [-0.3, -0.25) is 0 Å². The van der Waals surface area contributed by atoms with Crippen molar-refractivity contribution >= 4 is 11.3 Å². The quantitative estimate of drug-likeness (QED) is 0.818. The summed E-state index contributed by atoms with van der Waals surface area (Å²) >= 11 is 1.58. The van der Waals surface area contributed by atoms with Gasteiger partial charge in [0.05, 0.1) is 10.7 Å². The van der Waals surface area contributed by atoms with Gasteiger partial charge in [0.15, 0.2) is 0 Å². The average Bonchev–Trinajstić information content (AvgIpc) is 2.73. The van der Waals surface area contributed by atoms with Crippen molar-refractivity contribution < 1.29 is 4.39 Å². The summed E-state index contributed by atoms with van der Waals surface area (Å²) in [5.41, 5.74) is -0.731. The number of rotatable bonds is 2. The predicted molar refractivity (Wildman–Crippen MR) is 56.5 cm³/mol. The van der Waals surface area contributed by atoms with E-state index in [1.807, 2.05) is 5.38 Å². The number of nitrogens with one attached hydrogen (secondary N) is 1. The Morgan fingerprint density at radius 3 is 2.93 bits per heavy atom. The molecule has 1 N–H and O–H groups in total. The molecule has 1 atom stereocenters. The van der Waals surface area contributed by atoms with Crippen LogP contribution in [0.25, 0.3) is 0 Å². The molecular formula is C10H15FN2S. The number of alkyl halides is 1. The average molecular weight is 214 g/mol. The lowest BCUT2D eigenvalue weighted by Gasteiger charge is -2.10. The first kappa shape index (κ1) is 10.1. The first-order chi connectivity index (χ1) is 6.57. The lowest BCUT2D eigenvalue weighted by Crippen LogP contribution is -2.11. The molecule has 2 heterocycles. The van der Waals surface area contributed by atoms with Crippen LogP contribution in [0.3, 0.4) is 0 Å². The lowest BCUT2D eigenvalue weighted by molar-refractivity contribution is 0.215. The molecule has 1 aromatic rings. The summed E-state index contributed by atoms with van der Waals surface area (Å²) in [7, 11) is 0. The van der Waals surface area contributed by atoms with Gasteiger partial charge in [-0.2, -0.15) is 0 Å². The normalized spacial score (nSPS) is 22.9. The zero-order valence-corrected chi connectivity index (χ0v) is 9.33. The summed E-state index contributed by atoms with van der Waals surface area (Å²) in [6.07, 6.45) is 1.12. The third-order valence-electron chi connectivity index (χ3n) is 2.54. The molecule has 0 amide bonds. The molecule has 1 aliphatic heterocycles. The first-order valence-corrected chi connectivity index (χ1v) is 5.81. The summed E-state index contributed by atoms with van der Waals surface area (Å²) in [5.74, 6) is 0.496. The van der Waals surface area contributed by atoms with Crippen LogP contribution in [0.1, 0.15) is 36.9 Å². The van der Waals surface area contributed by atoms with Gasteiger partial charge in [0.1, 0.15) is 5.67 Å². The lowest BCUT2D eigenvalue weighted by atomic mass is 10.1. The van der Waals surface area contributed by atoms with E-state index in [9.17, 15) is 4.39 Å². The van der Waals surface area contributed by atoms with Crippen molar-refractivity contribution in [2.75, 3.05) is 13.1 Å². The van der Waals surface area contributed by atoms with Crippen LogP contribution in [0.4, 0.5) is 4.39 Å². The maximum Gasteiger partial charge on any atom is 0.148 e. The fourth-order valence-electron chi connectivity index (χ4n) is 1.61. The van der Waals surface area contributed by atoms with E-state index in [0.717, 1.165) is 24.5 Å². The molecule has 1 aliphatic rings.